The predicted molar refractivity (Wildman–Crippen MR) is 79.9 cm³/mol. The summed E-state index contributed by atoms with van der Waals surface area (Å²) < 4.78 is 0. The van der Waals surface area contributed by atoms with Gasteiger partial charge in [-0.1, -0.05) is 41.6 Å². The van der Waals surface area contributed by atoms with E-state index in [-0.39, 0.29) is 0 Å². The summed E-state index contributed by atoms with van der Waals surface area (Å²) in [5.74, 6) is 6.91. The molecule has 0 radical (unpaired) electrons. The summed E-state index contributed by atoms with van der Waals surface area (Å²) in [6.07, 6.45) is 0. The van der Waals surface area contributed by atoms with Crippen molar-refractivity contribution >= 4 is 29.1 Å². The molecule has 90 valence electrons. The fourth-order valence-corrected chi connectivity index (χ4v) is 2.39. The maximum absolute atomic E-state index is 5.92. The normalized spacial score (nSPS) is 9.61. The van der Waals surface area contributed by atoms with Crippen molar-refractivity contribution in [3.05, 3.63) is 59.1 Å². The van der Waals surface area contributed by atoms with Gasteiger partial charge in [0.2, 0.25) is 0 Å². The van der Waals surface area contributed by atoms with Crippen LogP contribution in [0.4, 0.5) is 5.69 Å². The van der Waals surface area contributed by atoms with E-state index in [1.54, 1.807) is 17.8 Å². The van der Waals surface area contributed by atoms with Crippen molar-refractivity contribution in [2.75, 3.05) is 11.5 Å². The Kier molecular flexibility index (Phi) is 4.58. The number of anilines is 1. The van der Waals surface area contributed by atoms with Crippen molar-refractivity contribution in [1.29, 1.82) is 0 Å². The van der Waals surface area contributed by atoms with Crippen LogP contribution in [-0.2, 0) is 0 Å². The molecule has 0 saturated heterocycles. The number of hydrogen-bond donors (Lipinski definition) is 1. The van der Waals surface area contributed by atoms with Gasteiger partial charge in [-0.05, 0) is 30.3 Å². The molecule has 0 aromatic heterocycles. The molecule has 2 rings (SSSR count). The molecule has 1 nitrogen and oxygen atoms in total. The minimum Gasteiger partial charge on any atom is -0.398 e. The molecule has 0 amide bonds. The van der Waals surface area contributed by atoms with Gasteiger partial charge in [0.25, 0.3) is 0 Å². The maximum atomic E-state index is 5.92. The Hall–Kier alpha value is -1.56. The maximum Gasteiger partial charge on any atom is 0.0599 e. The quantitative estimate of drug-likeness (QED) is 0.507. The van der Waals surface area contributed by atoms with Crippen LogP contribution in [0.25, 0.3) is 0 Å². The average molecular weight is 274 g/mol. The molecule has 2 aromatic rings. The van der Waals surface area contributed by atoms with Crippen LogP contribution >= 0.6 is 23.4 Å². The highest BCUT2D eigenvalue weighted by Crippen LogP contribution is 2.27. The van der Waals surface area contributed by atoms with Crippen LogP contribution in [-0.4, -0.2) is 5.75 Å². The van der Waals surface area contributed by atoms with Crippen LogP contribution in [0.5, 0.6) is 0 Å². The molecule has 0 aliphatic rings. The van der Waals surface area contributed by atoms with Gasteiger partial charge in [0.1, 0.15) is 0 Å². The van der Waals surface area contributed by atoms with Crippen LogP contribution in [0, 0.1) is 11.8 Å². The highest BCUT2D eigenvalue weighted by molar-refractivity contribution is 7.99. The molecule has 0 aliphatic heterocycles. The first kappa shape index (κ1) is 12.9. The van der Waals surface area contributed by atoms with Crippen LogP contribution in [0.1, 0.15) is 5.56 Å². The van der Waals surface area contributed by atoms with Gasteiger partial charge in [0, 0.05) is 21.2 Å². The number of nitrogen functional groups attached to an aromatic ring is 1. The van der Waals surface area contributed by atoms with Crippen molar-refractivity contribution in [3.63, 3.8) is 0 Å². The number of rotatable bonds is 2. The third kappa shape index (κ3) is 3.73. The number of benzene rings is 2. The average Bonchev–Trinajstić information content (AvgIpc) is 2.40. The molecule has 0 fully saturated rings. The number of halogens is 1. The molecule has 0 unspecified atom stereocenters. The first-order chi connectivity index (χ1) is 8.75. The van der Waals surface area contributed by atoms with E-state index in [1.165, 1.54) is 0 Å². The summed E-state index contributed by atoms with van der Waals surface area (Å²) in [6, 6.07) is 15.4. The van der Waals surface area contributed by atoms with Crippen molar-refractivity contribution in [3.8, 4) is 11.8 Å². The van der Waals surface area contributed by atoms with Crippen LogP contribution in [0.2, 0.25) is 5.02 Å². The minimum absolute atomic E-state index is 0.694. The third-order valence-electron chi connectivity index (χ3n) is 2.28. The van der Waals surface area contributed by atoms with Crippen LogP contribution in [0.3, 0.4) is 0 Å². The number of hydrogen-bond acceptors (Lipinski definition) is 2. The van der Waals surface area contributed by atoms with Crippen molar-refractivity contribution in [2.24, 2.45) is 0 Å². The molecule has 0 aliphatic carbocycles. The summed E-state index contributed by atoms with van der Waals surface area (Å²) in [5.41, 5.74) is 7.62. The Morgan fingerprint density at radius 1 is 1.11 bits per heavy atom. The number of thioether (sulfide) groups is 1. The standard InChI is InChI=1S/C15H12ClNS/c16-13-8-9-14(17)15(11-13)18-10-4-7-12-5-2-1-3-6-12/h1-3,5-6,8-9,11H,10,17H2. The van der Waals surface area contributed by atoms with Crippen molar-refractivity contribution in [1.82, 2.24) is 0 Å². The Morgan fingerprint density at radius 3 is 2.67 bits per heavy atom. The molecular formula is C15H12ClNS. The summed E-state index contributed by atoms with van der Waals surface area (Å²) in [7, 11) is 0. The van der Waals surface area contributed by atoms with Gasteiger partial charge in [0.15, 0.2) is 0 Å². The largest absolute Gasteiger partial charge is 0.398 e. The molecule has 0 saturated carbocycles. The zero-order valence-corrected chi connectivity index (χ0v) is 11.3. The fraction of sp³-hybridized carbons (Fsp3) is 0.0667. The lowest BCUT2D eigenvalue weighted by Gasteiger charge is -2.02. The van der Waals surface area contributed by atoms with E-state index in [0.717, 1.165) is 16.1 Å². The molecule has 0 bridgehead atoms. The van der Waals surface area contributed by atoms with E-state index in [1.807, 2.05) is 42.5 Å². The summed E-state index contributed by atoms with van der Waals surface area (Å²) >= 11 is 7.52. The first-order valence-electron chi connectivity index (χ1n) is 5.47. The van der Waals surface area contributed by atoms with Gasteiger partial charge in [-0.2, -0.15) is 0 Å². The smallest absolute Gasteiger partial charge is 0.0599 e. The van der Waals surface area contributed by atoms with Gasteiger partial charge in [-0.3, -0.25) is 0 Å². The SMILES string of the molecule is Nc1ccc(Cl)cc1SCC#Cc1ccccc1. The van der Waals surface area contributed by atoms with Gasteiger partial charge >= 0.3 is 0 Å². The lowest BCUT2D eigenvalue weighted by atomic mass is 10.2. The Labute approximate surface area is 116 Å². The van der Waals surface area contributed by atoms with Gasteiger partial charge < -0.3 is 5.73 Å². The lowest BCUT2D eigenvalue weighted by Crippen LogP contribution is -1.88. The lowest BCUT2D eigenvalue weighted by molar-refractivity contribution is 1.46. The molecule has 0 spiro atoms. The number of nitrogens with two attached hydrogens (primary N) is 1. The second kappa shape index (κ2) is 6.39. The molecule has 2 aromatic carbocycles. The second-order valence-electron chi connectivity index (χ2n) is 3.64. The van der Waals surface area contributed by atoms with Crippen molar-refractivity contribution in [2.45, 2.75) is 4.90 Å². The Bertz CT molecular complexity index is 584. The zero-order valence-electron chi connectivity index (χ0n) is 9.69. The summed E-state index contributed by atoms with van der Waals surface area (Å²) in [6.45, 7) is 0. The third-order valence-corrected chi connectivity index (χ3v) is 3.47. The van der Waals surface area contributed by atoms with E-state index in [2.05, 4.69) is 11.8 Å². The monoisotopic (exact) mass is 273 g/mol. The van der Waals surface area contributed by atoms with E-state index in [0.29, 0.717) is 10.8 Å². The van der Waals surface area contributed by atoms with E-state index in [9.17, 15) is 0 Å². The molecule has 2 N–H and O–H groups in total. The Balaban J connectivity index is 1.97. The van der Waals surface area contributed by atoms with Crippen LogP contribution < -0.4 is 5.73 Å². The van der Waals surface area contributed by atoms with E-state index >= 15 is 0 Å². The predicted octanol–water partition coefficient (Wildman–Crippen LogP) is 4.07. The first-order valence-corrected chi connectivity index (χ1v) is 6.84. The van der Waals surface area contributed by atoms with Gasteiger partial charge in [-0.15, -0.1) is 11.8 Å². The highest BCUT2D eigenvalue weighted by Gasteiger charge is 1.99. The molecule has 18 heavy (non-hydrogen) atoms. The minimum atomic E-state index is 0.694. The molecule has 0 atom stereocenters. The van der Waals surface area contributed by atoms with E-state index < -0.39 is 0 Å². The molecule has 3 heteroatoms. The second-order valence-corrected chi connectivity index (χ2v) is 5.09. The topological polar surface area (TPSA) is 26.0 Å². The van der Waals surface area contributed by atoms with Gasteiger partial charge in [-0.25, -0.2) is 0 Å². The Morgan fingerprint density at radius 2 is 1.89 bits per heavy atom. The fourth-order valence-electron chi connectivity index (χ4n) is 1.41. The summed E-state index contributed by atoms with van der Waals surface area (Å²) in [4.78, 5) is 0.977. The zero-order chi connectivity index (χ0) is 12.8. The van der Waals surface area contributed by atoms with E-state index in [4.69, 9.17) is 17.3 Å². The summed E-state index contributed by atoms with van der Waals surface area (Å²) in [5, 5.41) is 0.697. The van der Waals surface area contributed by atoms with Crippen LogP contribution in [0.15, 0.2) is 53.4 Å². The van der Waals surface area contributed by atoms with Gasteiger partial charge in [0.05, 0.1) is 5.75 Å². The molecular weight excluding hydrogens is 262 g/mol. The molecule has 0 heterocycles. The highest BCUT2D eigenvalue weighted by atomic mass is 35.5. The van der Waals surface area contributed by atoms with Crippen molar-refractivity contribution < 1.29 is 0 Å².